The van der Waals surface area contributed by atoms with Crippen molar-refractivity contribution in [3.05, 3.63) is 52.5 Å². The third-order valence-electron chi connectivity index (χ3n) is 3.55. The van der Waals surface area contributed by atoms with Crippen molar-refractivity contribution in [2.24, 2.45) is 4.99 Å². The number of nitrogens with zero attached hydrogens (tertiary/aromatic N) is 2. The molecule has 23 heavy (non-hydrogen) atoms. The monoisotopic (exact) mass is 327 g/mol. The fourth-order valence-electron chi connectivity index (χ4n) is 2.39. The van der Waals surface area contributed by atoms with Crippen LogP contribution in [0.3, 0.4) is 0 Å². The molecule has 0 aliphatic rings. The Morgan fingerprint density at radius 2 is 2.13 bits per heavy atom. The first-order chi connectivity index (χ1) is 11.3. The lowest BCUT2D eigenvalue weighted by molar-refractivity contribution is 0.727. The first kappa shape index (κ1) is 15.6. The van der Waals surface area contributed by atoms with Gasteiger partial charge in [0.15, 0.2) is 5.96 Å². The molecule has 0 aliphatic heterocycles. The fraction of sp³-hybridized carbons (Fsp3) is 0.294. The highest BCUT2D eigenvalue weighted by molar-refractivity contribution is 7.09. The van der Waals surface area contributed by atoms with Crippen LogP contribution in [-0.2, 0) is 13.0 Å². The summed E-state index contributed by atoms with van der Waals surface area (Å²) in [6.07, 6.45) is 1.92. The van der Waals surface area contributed by atoms with Crippen LogP contribution in [0.2, 0.25) is 0 Å². The van der Waals surface area contributed by atoms with Crippen molar-refractivity contribution in [1.29, 1.82) is 0 Å². The lowest BCUT2D eigenvalue weighted by Gasteiger charge is -2.10. The lowest BCUT2D eigenvalue weighted by Crippen LogP contribution is -2.37. The van der Waals surface area contributed by atoms with Gasteiger partial charge in [0.2, 0.25) is 0 Å². The maximum absolute atomic E-state index is 4.59. The van der Waals surface area contributed by atoms with Gasteiger partial charge in [-0.05, 0) is 30.0 Å². The number of hydrogen-bond donors (Lipinski definition) is 3. The quantitative estimate of drug-likeness (QED) is 0.370. The molecule has 0 aliphatic carbocycles. The smallest absolute Gasteiger partial charge is 0.191 e. The van der Waals surface area contributed by atoms with Crippen LogP contribution in [0.5, 0.6) is 0 Å². The van der Waals surface area contributed by atoms with Crippen molar-refractivity contribution in [3.63, 3.8) is 0 Å². The van der Waals surface area contributed by atoms with E-state index in [0.717, 1.165) is 48.7 Å². The molecule has 0 fully saturated rings. The molecule has 1 aromatic carbocycles. The second-order valence-electron chi connectivity index (χ2n) is 5.24. The van der Waals surface area contributed by atoms with E-state index in [1.54, 1.807) is 18.4 Å². The van der Waals surface area contributed by atoms with Crippen molar-refractivity contribution in [1.82, 2.24) is 20.6 Å². The van der Waals surface area contributed by atoms with E-state index in [2.05, 4.69) is 49.2 Å². The number of H-pyrrole nitrogens is 1. The number of guanidine groups is 1. The van der Waals surface area contributed by atoms with Gasteiger partial charge in [-0.2, -0.15) is 0 Å². The van der Waals surface area contributed by atoms with Crippen LogP contribution < -0.4 is 10.6 Å². The molecule has 0 amide bonds. The molecule has 0 atom stereocenters. The Balaban J connectivity index is 1.41. The van der Waals surface area contributed by atoms with Gasteiger partial charge in [-0.3, -0.25) is 4.99 Å². The van der Waals surface area contributed by atoms with Crippen LogP contribution in [0.25, 0.3) is 11.0 Å². The number of fused-ring (bicyclic) bond motifs is 1. The van der Waals surface area contributed by atoms with Crippen LogP contribution in [0.15, 0.2) is 46.8 Å². The molecule has 2 heterocycles. The van der Waals surface area contributed by atoms with Crippen molar-refractivity contribution >= 4 is 28.3 Å². The highest BCUT2D eigenvalue weighted by atomic mass is 32.1. The number of aromatic nitrogens is 2. The molecule has 0 unspecified atom stereocenters. The highest BCUT2D eigenvalue weighted by Crippen LogP contribution is 2.11. The van der Waals surface area contributed by atoms with Crippen LogP contribution in [0.1, 0.15) is 17.1 Å². The third kappa shape index (κ3) is 4.32. The topological polar surface area (TPSA) is 65.1 Å². The molecule has 3 N–H and O–H groups in total. The van der Waals surface area contributed by atoms with E-state index >= 15 is 0 Å². The minimum Gasteiger partial charge on any atom is -0.356 e. The van der Waals surface area contributed by atoms with Gasteiger partial charge in [0.25, 0.3) is 0 Å². The summed E-state index contributed by atoms with van der Waals surface area (Å²) in [5.41, 5.74) is 2.13. The highest BCUT2D eigenvalue weighted by Gasteiger charge is 2.02. The molecule has 5 nitrogen and oxygen atoms in total. The van der Waals surface area contributed by atoms with E-state index in [1.807, 2.05) is 18.2 Å². The molecule has 3 aromatic rings. The first-order valence-electron chi connectivity index (χ1n) is 7.75. The van der Waals surface area contributed by atoms with Gasteiger partial charge >= 0.3 is 0 Å². The van der Waals surface area contributed by atoms with Crippen LogP contribution in [0, 0.1) is 0 Å². The second kappa shape index (κ2) is 7.78. The van der Waals surface area contributed by atoms with E-state index in [1.165, 1.54) is 4.88 Å². The summed E-state index contributed by atoms with van der Waals surface area (Å²) in [5.74, 6) is 1.87. The van der Waals surface area contributed by atoms with E-state index in [4.69, 9.17) is 0 Å². The number of aliphatic imine (C=N–C) groups is 1. The van der Waals surface area contributed by atoms with Crippen molar-refractivity contribution < 1.29 is 0 Å². The zero-order valence-electron chi connectivity index (χ0n) is 13.2. The molecule has 0 bridgehead atoms. The summed E-state index contributed by atoms with van der Waals surface area (Å²) >= 11 is 1.75. The molecule has 3 rings (SSSR count). The minimum absolute atomic E-state index is 0.806. The van der Waals surface area contributed by atoms with E-state index in [-0.39, 0.29) is 0 Å². The Labute approximate surface area is 139 Å². The molecule has 120 valence electrons. The third-order valence-corrected chi connectivity index (χ3v) is 4.43. The standard InChI is InChI=1S/C17H21N5S/c1-18-17(20-12-13-6-5-11-23-13)19-10-4-9-16-21-14-7-2-3-8-15(14)22-16/h2-3,5-8,11H,4,9-10,12H2,1H3,(H,21,22)(H2,18,19,20). The second-order valence-corrected chi connectivity index (χ2v) is 6.27. The van der Waals surface area contributed by atoms with Gasteiger partial charge in [-0.15, -0.1) is 11.3 Å². The summed E-state index contributed by atoms with van der Waals surface area (Å²) in [4.78, 5) is 13.5. The number of thiophene rings is 1. The number of imidazole rings is 1. The van der Waals surface area contributed by atoms with Gasteiger partial charge in [-0.25, -0.2) is 4.98 Å². The van der Waals surface area contributed by atoms with Crippen LogP contribution in [0.4, 0.5) is 0 Å². The zero-order valence-corrected chi connectivity index (χ0v) is 14.0. The van der Waals surface area contributed by atoms with E-state index in [0.29, 0.717) is 0 Å². The lowest BCUT2D eigenvalue weighted by atomic mass is 10.3. The van der Waals surface area contributed by atoms with Gasteiger partial charge in [0.05, 0.1) is 17.6 Å². The van der Waals surface area contributed by atoms with Crippen molar-refractivity contribution in [2.75, 3.05) is 13.6 Å². The largest absolute Gasteiger partial charge is 0.356 e. The molecule has 6 heteroatoms. The van der Waals surface area contributed by atoms with Gasteiger partial charge in [0, 0.05) is 24.9 Å². The van der Waals surface area contributed by atoms with Crippen LogP contribution in [-0.4, -0.2) is 29.5 Å². The number of aromatic amines is 1. The Morgan fingerprint density at radius 1 is 1.22 bits per heavy atom. The molecular weight excluding hydrogens is 306 g/mol. The normalized spacial score (nSPS) is 11.8. The number of rotatable bonds is 6. The number of hydrogen-bond acceptors (Lipinski definition) is 3. The number of aryl methyl sites for hydroxylation is 1. The predicted octanol–water partition coefficient (Wildman–Crippen LogP) is 2.92. The molecule has 0 radical (unpaired) electrons. The summed E-state index contributed by atoms with van der Waals surface area (Å²) in [6.45, 7) is 1.67. The predicted molar refractivity (Wildman–Crippen MR) is 96.9 cm³/mol. The fourth-order valence-corrected chi connectivity index (χ4v) is 3.04. The molecule has 0 saturated carbocycles. The van der Waals surface area contributed by atoms with E-state index < -0.39 is 0 Å². The average molecular weight is 327 g/mol. The number of para-hydroxylation sites is 2. The maximum Gasteiger partial charge on any atom is 0.191 e. The van der Waals surface area contributed by atoms with Gasteiger partial charge < -0.3 is 15.6 Å². The number of benzene rings is 1. The molecule has 0 spiro atoms. The van der Waals surface area contributed by atoms with Gasteiger partial charge in [-0.1, -0.05) is 18.2 Å². The zero-order chi connectivity index (χ0) is 15.9. The van der Waals surface area contributed by atoms with Crippen molar-refractivity contribution in [2.45, 2.75) is 19.4 Å². The summed E-state index contributed by atoms with van der Waals surface area (Å²) in [6, 6.07) is 12.3. The number of nitrogens with one attached hydrogen (secondary N) is 3. The Bertz CT molecular complexity index is 727. The SMILES string of the molecule is CN=C(NCCCc1nc2ccccc2[nH]1)NCc1cccs1. The summed E-state index contributed by atoms with van der Waals surface area (Å²) in [7, 11) is 1.79. The van der Waals surface area contributed by atoms with Crippen LogP contribution >= 0.6 is 11.3 Å². The average Bonchev–Trinajstić information content (AvgIpc) is 3.23. The summed E-state index contributed by atoms with van der Waals surface area (Å²) in [5, 5.41) is 8.74. The Morgan fingerprint density at radius 3 is 2.91 bits per heavy atom. The Hall–Kier alpha value is -2.34. The van der Waals surface area contributed by atoms with Crippen molar-refractivity contribution in [3.8, 4) is 0 Å². The minimum atomic E-state index is 0.806. The summed E-state index contributed by atoms with van der Waals surface area (Å²) < 4.78 is 0. The maximum atomic E-state index is 4.59. The Kier molecular flexibility index (Phi) is 5.26. The van der Waals surface area contributed by atoms with E-state index in [9.17, 15) is 0 Å². The molecule has 2 aromatic heterocycles. The van der Waals surface area contributed by atoms with Gasteiger partial charge in [0.1, 0.15) is 5.82 Å². The first-order valence-corrected chi connectivity index (χ1v) is 8.63. The molecular formula is C17H21N5S. The molecule has 0 saturated heterocycles.